The van der Waals surface area contributed by atoms with Crippen molar-refractivity contribution in [3.63, 3.8) is 0 Å². The molecule has 1 fully saturated rings. The van der Waals surface area contributed by atoms with Gasteiger partial charge in [0.1, 0.15) is 0 Å². The Morgan fingerprint density at radius 3 is 2.81 bits per heavy atom. The molecule has 0 aliphatic heterocycles. The largest absolute Gasteiger partial charge is 0.380 e. The molecule has 90 valence electrons. The second-order valence-electron chi connectivity index (χ2n) is 5.26. The molecule has 0 bridgehead atoms. The van der Waals surface area contributed by atoms with Crippen LogP contribution in [0.2, 0.25) is 0 Å². The summed E-state index contributed by atoms with van der Waals surface area (Å²) in [4.78, 5) is 0. The van der Waals surface area contributed by atoms with Crippen LogP contribution in [0.5, 0.6) is 0 Å². The Balaban J connectivity index is 1.96. The maximum atomic E-state index is 4.37. The van der Waals surface area contributed by atoms with Crippen molar-refractivity contribution >= 4 is 5.69 Å². The maximum Gasteiger partial charge on any atom is 0.0825 e. The monoisotopic (exact) mass is 221 g/mol. The molecule has 1 aromatic heterocycles. The summed E-state index contributed by atoms with van der Waals surface area (Å²) in [5.74, 6) is 0.904. The van der Waals surface area contributed by atoms with Crippen molar-refractivity contribution in [1.29, 1.82) is 0 Å². The van der Waals surface area contributed by atoms with Crippen LogP contribution in [0.25, 0.3) is 0 Å². The Morgan fingerprint density at radius 1 is 1.31 bits per heavy atom. The van der Waals surface area contributed by atoms with E-state index in [0.717, 1.165) is 11.6 Å². The molecule has 0 aromatic carbocycles. The Labute approximate surface area is 98.2 Å². The van der Waals surface area contributed by atoms with Crippen LogP contribution in [0.1, 0.15) is 44.7 Å². The SMILES string of the molecule is Cc1nn(C)cc1NC1CCCC(C)CC1. The van der Waals surface area contributed by atoms with Crippen LogP contribution in [-0.4, -0.2) is 15.8 Å². The lowest BCUT2D eigenvalue weighted by Gasteiger charge is -2.16. The van der Waals surface area contributed by atoms with Gasteiger partial charge in [0.25, 0.3) is 0 Å². The molecule has 1 aliphatic carbocycles. The second kappa shape index (κ2) is 4.89. The molecular formula is C13H23N3. The van der Waals surface area contributed by atoms with Gasteiger partial charge < -0.3 is 5.32 Å². The van der Waals surface area contributed by atoms with Crippen LogP contribution >= 0.6 is 0 Å². The normalized spacial score (nSPS) is 26.4. The zero-order valence-electron chi connectivity index (χ0n) is 10.7. The quantitative estimate of drug-likeness (QED) is 0.778. The molecule has 0 saturated heterocycles. The van der Waals surface area contributed by atoms with Crippen LogP contribution in [0, 0.1) is 12.8 Å². The summed E-state index contributed by atoms with van der Waals surface area (Å²) in [7, 11) is 1.98. The molecule has 2 unspecified atom stereocenters. The molecule has 0 amide bonds. The molecule has 1 aromatic rings. The first-order chi connectivity index (χ1) is 7.65. The summed E-state index contributed by atoms with van der Waals surface area (Å²) in [6.07, 6.45) is 8.80. The molecule has 3 heteroatoms. The van der Waals surface area contributed by atoms with Crippen LogP contribution in [0.15, 0.2) is 6.20 Å². The summed E-state index contributed by atoms with van der Waals surface area (Å²) >= 11 is 0. The minimum absolute atomic E-state index is 0.646. The first kappa shape index (κ1) is 11.5. The van der Waals surface area contributed by atoms with Gasteiger partial charge in [-0.15, -0.1) is 0 Å². The fraction of sp³-hybridized carbons (Fsp3) is 0.769. The molecular weight excluding hydrogens is 198 g/mol. The van der Waals surface area contributed by atoms with Crippen molar-refractivity contribution in [2.24, 2.45) is 13.0 Å². The van der Waals surface area contributed by atoms with Gasteiger partial charge in [0.05, 0.1) is 11.4 Å². The van der Waals surface area contributed by atoms with E-state index in [9.17, 15) is 0 Å². The first-order valence-corrected chi connectivity index (χ1v) is 6.42. The van der Waals surface area contributed by atoms with Crippen molar-refractivity contribution in [3.05, 3.63) is 11.9 Å². The summed E-state index contributed by atoms with van der Waals surface area (Å²) < 4.78 is 1.89. The van der Waals surface area contributed by atoms with Crippen molar-refractivity contribution in [1.82, 2.24) is 9.78 Å². The van der Waals surface area contributed by atoms with Gasteiger partial charge in [-0.2, -0.15) is 5.10 Å². The van der Waals surface area contributed by atoms with Gasteiger partial charge >= 0.3 is 0 Å². The summed E-state index contributed by atoms with van der Waals surface area (Å²) in [6.45, 7) is 4.44. The van der Waals surface area contributed by atoms with Gasteiger partial charge in [0, 0.05) is 19.3 Å². The van der Waals surface area contributed by atoms with E-state index in [4.69, 9.17) is 0 Å². The number of hydrogen-bond acceptors (Lipinski definition) is 2. The predicted molar refractivity (Wildman–Crippen MR) is 67.6 cm³/mol. The Morgan fingerprint density at radius 2 is 2.12 bits per heavy atom. The third kappa shape index (κ3) is 2.77. The van der Waals surface area contributed by atoms with Crippen LogP contribution in [0.4, 0.5) is 5.69 Å². The van der Waals surface area contributed by atoms with Crippen LogP contribution in [0.3, 0.4) is 0 Å². The summed E-state index contributed by atoms with van der Waals surface area (Å²) in [5.41, 5.74) is 2.32. The van der Waals surface area contributed by atoms with Gasteiger partial charge in [-0.05, 0) is 32.1 Å². The molecule has 1 aliphatic rings. The standard InChI is InChI=1S/C13H23N3/c1-10-5-4-6-12(8-7-10)14-13-9-16(3)15-11(13)2/h9-10,12,14H,4-8H2,1-3H3. The van der Waals surface area contributed by atoms with E-state index in [-0.39, 0.29) is 0 Å². The Hall–Kier alpha value is -0.990. The van der Waals surface area contributed by atoms with Gasteiger partial charge in [0.2, 0.25) is 0 Å². The molecule has 1 saturated carbocycles. The highest BCUT2D eigenvalue weighted by molar-refractivity contribution is 5.46. The van der Waals surface area contributed by atoms with Crippen molar-refractivity contribution in [2.45, 2.75) is 52.0 Å². The molecule has 2 atom stereocenters. The lowest BCUT2D eigenvalue weighted by atomic mass is 10.0. The number of anilines is 1. The molecule has 16 heavy (non-hydrogen) atoms. The smallest absolute Gasteiger partial charge is 0.0825 e. The Bertz CT molecular complexity index is 343. The van der Waals surface area contributed by atoms with Gasteiger partial charge in [-0.1, -0.05) is 19.8 Å². The van der Waals surface area contributed by atoms with Crippen molar-refractivity contribution < 1.29 is 0 Å². The molecule has 1 N–H and O–H groups in total. The molecule has 0 spiro atoms. The zero-order chi connectivity index (χ0) is 11.5. The van der Waals surface area contributed by atoms with Gasteiger partial charge in [-0.25, -0.2) is 0 Å². The fourth-order valence-electron chi connectivity index (χ4n) is 2.59. The van der Waals surface area contributed by atoms with Crippen LogP contribution < -0.4 is 5.32 Å². The molecule has 3 nitrogen and oxygen atoms in total. The predicted octanol–water partition coefficient (Wildman–Crippen LogP) is 3.11. The zero-order valence-corrected chi connectivity index (χ0v) is 10.7. The lowest BCUT2D eigenvalue weighted by Crippen LogP contribution is -2.18. The molecule has 2 rings (SSSR count). The van der Waals surface area contributed by atoms with Crippen molar-refractivity contribution in [2.75, 3.05) is 5.32 Å². The van der Waals surface area contributed by atoms with Crippen LogP contribution in [-0.2, 0) is 7.05 Å². The summed E-state index contributed by atoms with van der Waals surface area (Å²) in [5, 5.41) is 8.02. The lowest BCUT2D eigenvalue weighted by molar-refractivity contribution is 0.502. The number of nitrogens with zero attached hydrogens (tertiary/aromatic N) is 2. The van der Waals surface area contributed by atoms with E-state index in [0.29, 0.717) is 6.04 Å². The van der Waals surface area contributed by atoms with E-state index in [1.807, 2.05) is 11.7 Å². The van der Waals surface area contributed by atoms with E-state index in [1.165, 1.54) is 37.8 Å². The second-order valence-corrected chi connectivity index (χ2v) is 5.26. The Kier molecular flexibility index (Phi) is 3.52. The molecule has 0 radical (unpaired) electrons. The fourth-order valence-corrected chi connectivity index (χ4v) is 2.59. The third-order valence-electron chi connectivity index (χ3n) is 3.63. The van der Waals surface area contributed by atoms with E-state index in [2.05, 4.69) is 30.5 Å². The maximum absolute atomic E-state index is 4.37. The highest BCUT2D eigenvalue weighted by Crippen LogP contribution is 2.25. The van der Waals surface area contributed by atoms with E-state index >= 15 is 0 Å². The van der Waals surface area contributed by atoms with E-state index in [1.54, 1.807) is 0 Å². The number of hydrogen-bond donors (Lipinski definition) is 1. The number of aromatic nitrogens is 2. The molecule has 1 heterocycles. The number of rotatable bonds is 2. The minimum Gasteiger partial charge on any atom is -0.380 e. The third-order valence-corrected chi connectivity index (χ3v) is 3.63. The highest BCUT2D eigenvalue weighted by Gasteiger charge is 2.17. The van der Waals surface area contributed by atoms with E-state index < -0.39 is 0 Å². The van der Waals surface area contributed by atoms with Gasteiger partial charge in [0.15, 0.2) is 0 Å². The van der Waals surface area contributed by atoms with Crippen molar-refractivity contribution in [3.8, 4) is 0 Å². The van der Waals surface area contributed by atoms with Gasteiger partial charge in [-0.3, -0.25) is 4.68 Å². The number of nitrogens with one attached hydrogen (secondary N) is 1. The first-order valence-electron chi connectivity index (χ1n) is 6.42. The minimum atomic E-state index is 0.646. The number of aryl methyl sites for hydroxylation is 2. The average molecular weight is 221 g/mol. The summed E-state index contributed by atoms with van der Waals surface area (Å²) in [6, 6.07) is 0.646. The average Bonchev–Trinajstić information content (AvgIpc) is 2.43. The highest BCUT2D eigenvalue weighted by atomic mass is 15.3. The topological polar surface area (TPSA) is 29.9 Å².